The van der Waals surface area contributed by atoms with E-state index in [1.165, 1.54) is 6.39 Å². The Morgan fingerprint density at radius 2 is 2.15 bits per heavy atom. The molecule has 2 rings (SSSR count). The van der Waals surface area contributed by atoms with Gasteiger partial charge in [-0.15, -0.1) is 10.2 Å². The first-order valence-electron chi connectivity index (χ1n) is 6.26. The Morgan fingerprint density at radius 3 is 2.60 bits per heavy atom. The molecule has 0 aliphatic heterocycles. The summed E-state index contributed by atoms with van der Waals surface area (Å²) in [6, 6.07) is 5.70. The fourth-order valence-corrected chi connectivity index (χ4v) is 1.66. The highest BCUT2D eigenvalue weighted by Crippen LogP contribution is 2.26. The van der Waals surface area contributed by atoms with Crippen molar-refractivity contribution < 1.29 is 4.42 Å². The van der Waals surface area contributed by atoms with E-state index in [0.29, 0.717) is 16.5 Å². The molecule has 0 atom stereocenters. The van der Waals surface area contributed by atoms with Crippen LogP contribution in [0.5, 0.6) is 0 Å². The summed E-state index contributed by atoms with van der Waals surface area (Å²) in [5, 5.41) is 19.5. The first-order valence-corrected chi connectivity index (χ1v) is 6.63. The first kappa shape index (κ1) is 16.0. The molecule has 1 aromatic heterocycles. The molecule has 106 valence electrons. The molecule has 6 heteroatoms. The van der Waals surface area contributed by atoms with Crippen LogP contribution in [0.3, 0.4) is 0 Å². The van der Waals surface area contributed by atoms with Crippen molar-refractivity contribution in [2.45, 2.75) is 27.2 Å². The predicted octanol–water partition coefficient (Wildman–Crippen LogP) is 3.72. The maximum absolute atomic E-state index is 8.75. The van der Waals surface area contributed by atoms with Gasteiger partial charge in [-0.2, -0.15) is 5.26 Å². The Kier molecular flexibility index (Phi) is 6.54. The van der Waals surface area contributed by atoms with Crippen LogP contribution in [0.4, 0.5) is 5.69 Å². The molecule has 0 aliphatic carbocycles. The van der Waals surface area contributed by atoms with Crippen LogP contribution in [0.15, 0.2) is 22.9 Å². The molecule has 1 N–H and O–H groups in total. The quantitative estimate of drug-likeness (QED) is 0.933. The van der Waals surface area contributed by atoms with Crippen LogP contribution in [-0.4, -0.2) is 16.7 Å². The number of benzene rings is 1. The van der Waals surface area contributed by atoms with Gasteiger partial charge in [-0.1, -0.05) is 18.5 Å². The Morgan fingerprint density at radius 1 is 1.40 bits per heavy atom. The van der Waals surface area contributed by atoms with Crippen molar-refractivity contribution in [2.24, 2.45) is 0 Å². The second kappa shape index (κ2) is 8.18. The van der Waals surface area contributed by atoms with Crippen molar-refractivity contribution >= 4 is 17.3 Å². The molecule has 0 bridgehead atoms. The van der Waals surface area contributed by atoms with Crippen molar-refractivity contribution in [3.05, 3.63) is 40.6 Å². The molecule has 20 heavy (non-hydrogen) atoms. The fourth-order valence-electron chi connectivity index (χ4n) is 1.45. The van der Waals surface area contributed by atoms with E-state index in [1.54, 1.807) is 13.0 Å². The van der Waals surface area contributed by atoms with Gasteiger partial charge in [-0.05, 0) is 31.0 Å². The zero-order valence-electron chi connectivity index (χ0n) is 11.8. The molecule has 0 saturated carbocycles. The summed E-state index contributed by atoms with van der Waals surface area (Å²) < 4.78 is 4.61. The molecule has 0 saturated heterocycles. The summed E-state index contributed by atoms with van der Waals surface area (Å²) >= 11 is 6.01. The van der Waals surface area contributed by atoms with Crippen LogP contribution in [0.25, 0.3) is 0 Å². The van der Waals surface area contributed by atoms with E-state index in [0.717, 1.165) is 24.2 Å². The highest BCUT2D eigenvalue weighted by molar-refractivity contribution is 6.32. The molecule has 0 radical (unpaired) electrons. The second-order valence-corrected chi connectivity index (χ2v) is 4.47. The number of halogens is 1. The summed E-state index contributed by atoms with van der Waals surface area (Å²) in [4.78, 5) is 0. The number of rotatable bonds is 3. The number of aryl methyl sites for hydroxylation is 1. The predicted molar refractivity (Wildman–Crippen MR) is 78.7 cm³/mol. The largest absolute Gasteiger partial charge is 0.428 e. The smallest absolute Gasteiger partial charge is 0.213 e. The third-order valence-corrected chi connectivity index (χ3v) is 3.03. The minimum absolute atomic E-state index is 0.534. The molecule has 0 amide bonds. The number of hydrogen-bond acceptors (Lipinski definition) is 5. The SMILES string of the molecule is CCCNc1ccc(C#N)c(Cl)c1C.Cc1nnco1. The second-order valence-electron chi connectivity index (χ2n) is 4.10. The van der Waals surface area contributed by atoms with Crippen LogP contribution < -0.4 is 5.32 Å². The van der Waals surface area contributed by atoms with Crippen LogP contribution in [-0.2, 0) is 0 Å². The van der Waals surface area contributed by atoms with E-state index in [-0.39, 0.29) is 0 Å². The lowest BCUT2D eigenvalue weighted by Crippen LogP contribution is -2.02. The fraction of sp³-hybridized carbons (Fsp3) is 0.357. The van der Waals surface area contributed by atoms with Crippen molar-refractivity contribution in [2.75, 3.05) is 11.9 Å². The number of hydrogen-bond donors (Lipinski definition) is 1. The van der Waals surface area contributed by atoms with Gasteiger partial charge in [0, 0.05) is 19.2 Å². The van der Waals surface area contributed by atoms with E-state index in [4.69, 9.17) is 16.9 Å². The number of nitrogens with one attached hydrogen (secondary N) is 1. The van der Waals surface area contributed by atoms with E-state index in [2.05, 4.69) is 32.9 Å². The molecule has 0 fully saturated rings. The molecular weight excluding hydrogens is 276 g/mol. The third kappa shape index (κ3) is 4.56. The Hall–Kier alpha value is -2.06. The van der Waals surface area contributed by atoms with Crippen molar-refractivity contribution in [1.82, 2.24) is 10.2 Å². The lowest BCUT2D eigenvalue weighted by Gasteiger charge is -2.10. The van der Waals surface area contributed by atoms with Crippen LogP contribution in [0.2, 0.25) is 5.02 Å². The summed E-state index contributed by atoms with van der Waals surface area (Å²) in [5.74, 6) is 0.606. The molecular formula is C14H17ClN4O. The average molecular weight is 293 g/mol. The maximum atomic E-state index is 8.75. The van der Waals surface area contributed by atoms with Gasteiger partial charge in [-0.25, -0.2) is 0 Å². The van der Waals surface area contributed by atoms with E-state index < -0.39 is 0 Å². The van der Waals surface area contributed by atoms with Gasteiger partial charge in [0.2, 0.25) is 12.3 Å². The van der Waals surface area contributed by atoms with Gasteiger partial charge in [0.05, 0.1) is 10.6 Å². The zero-order valence-corrected chi connectivity index (χ0v) is 12.5. The Labute approximate surface area is 123 Å². The molecule has 1 heterocycles. The number of nitrogens with zero attached hydrogens (tertiary/aromatic N) is 3. The van der Waals surface area contributed by atoms with E-state index in [1.807, 2.05) is 13.0 Å². The van der Waals surface area contributed by atoms with E-state index >= 15 is 0 Å². The maximum Gasteiger partial charge on any atom is 0.213 e. The van der Waals surface area contributed by atoms with Crippen LogP contribution >= 0.6 is 11.6 Å². The van der Waals surface area contributed by atoms with Crippen molar-refractivity contribution in [3.63, 3.8) is 0 Å². The molecule has 0 aliphatic rings. The molecule has 1 aromatic carbocycles. The van der Waals surface area contributed by atoms with Gasteiger partial charge in [0.1, 0.15) is 6.07 Å². The number of aromatic nitrogens is 2. The molecule has 0 unspecified atom stereocenters. The van der Waals surface area contributed by atoms with Crippen LogP contribution in [0.1, 0.15) is 30.4 Å². The van der Waals surface area contributed by atoms with Crippen LogP contribution in [0, 0.1) is 25.2 Å². The van der Waals surface area contributed by atoms with E-state index in [9.17, 15) is 0 Å². The minimum atomic E-state index is 0.534. The van der Waals surface area contributed by atoms with Crippen molar-refractivity contribution in [3.8, 4) is 6.07 Å². The molecule has 0 spiro atoms. The summed E-state index contributed by atoms with van der Waals surface area (Å²) in [6.45, 7) is 6.69. The lowest BCUT2D eigenvalue weighted by atomic mass is 10.1. The van der Waals surface area contributed by atoms with Gasteiger partial charge in [0.25, 0.3) is 0 Å². The van der Waals surface area contributed by atoms with Crippen molar-refractivity contribution in [1.29, 1.82) is 5.26 Å². The topological polar surface area (TPSA) is 74.7 Å². The Bertz CT molecular complexity index is 576. The standard InChI is InChI=1S/C11H13ClN2.C3H4N2O/c1-3-6-14-10-5-4-9(7-13)11(12)8(10)2;1-3-5-4-2-6-3/h4-5,14H,3,6H2,1-2H3;2H,1H3. The van der Waals surface area contributed by atoms with Gasteiger partial charge in [-0.3, -0.25) is 0 Å². The number of nitriles is 1. The Balaban J connectivity index is 0.000000276. The lowest BCUT2D eigenvalue weighted by molar-refractivity contribution is 0.518. The molecule has 2 aromatic rings. The number of anilines is 1. The monoisotopic (exact) mass is 292 g/mol. The molecule has 5 nitrogen and oxygen atoms in total. The summed E-state index contributed by atoms with van der Waals surface area (Å²) in [7, 11) is 0. The summed E-state index contributed by atoms with van der Waals surface area (Å²) in [5.41, 5.74) is 2.49. The zero-order chi connectivity index (χ0) is 15.0. The minimum Gasteiger partial charge on any atom is -0.428 e. The normalized spacial score (nSPS) is 9.35. The average Bonchev–Trinajstić information content (AvgIpc) is 2.92. The first-order chi connectivity index (χ1) is 9.60. The summed E-state index contributed by atoms with van der Waals surface area (Å²) in [6.07, 6.45) is 2.37. The van der Waals surface area contributed by atoms with Gasteiger partial charge < -0.3 is 9.73 Å². The highest BCUT2D eigenvalue weighted by Gasteiger charge is 2.06. The third-order valence-electron chi connectivity index (χ3n) is 2.54. The highest BCUT2D eigenvalue weighted by atomic mass is 35.5. The van der Waals surface area contributed by atoms with Gasteiger partial charge in [0.15, 0.2) is 0 Å². The van der Waals surface area contributed by atoms with Gasteiger partial charge >= 0.3 is 0 Å².